The first-order valence-electron chi connectivity index (χ1n) is 29.2. The minimum absolute atomic E-state index is 1.09. The first-order chi connectivity index (χ1) is 42.1. The highest BCUT2D eigenvalue weighted by atomic mass is 15.0. The monoisotopic (exact) mass is 1080 g/mol. The zero-order valence-electron chi connectivity index (χ0n) is 46.5. The van der Waals surface area contributed by atoms with Gasteiger partial charge in [-0.2, -0.15) is 0 Å². The van der Waals surface area contributed by atoms with Crippen molar-refractivity contribution in [3.63, 3.8) is 0 Å². The van der Waals surface area contributed by atoms with Gasteiger partial charge in [-0.3, -0.25) is 0 Å². The van der Waals surface area contributed by atoms with E-state index < -0.39 is 0 Å². The number of rotatable bonds is 8. The van der Waals surface area contributed by atoms with Crippen LogP contribution in [0, 0.1) is 0 Å². The van der Waals surface area contributed by atoms with E-state index in [4.69, 9.17) is 0 Å². The van der Waals surface area contributed by atoms with E-state index in [0.717, 1.165) is 94.9 Å². The second kappa shape index (κ2) is 18.1. The van der Waals surface area contributed by atoms with Gasteiger partial charge in [0.1, 0.15) is 0 Å². The minimum atomic E-state index is 1.09. The molecule has 0 bridgehead atoms. The van der Waals surface area contributed by atoms with Crippen molar-refractivity contribution in [2.45, 2.75) is 6.92 Å². The van der Waals surface area contributed by atoms with Crippen LogP contribution in [-0.2, 0) is 0 Å². The maximum absolute atomic E-state index is 4.37. The van der Waals surface area contributed by atoms with Gasteiger partial charge in [-0.1, -0.05) is 152 Å². The molecule has 0 saturated heterocycles. The number of para-hydroxylation sites is 7. The predicted octanol–water partition coefficient (Wildman–Crippen LogP) is 20.8. The topological polar surface area (TPSA) is 29.6 Å². The molecule has 0 unspecified atom stereocenters. The first kappa shape index (κ1) is 47.3. The van der Waals surface area contributed by atoms with Gasteiger partial charge in [0.2, 0.25) is 0 Å². The van der Waals surface area contributed by atoms with Crippen molar-refractivity contribution >= 4 is 132 Å². The number of nitrogens with zero attached hydrogens (tertiary/aromatic N) is 6. The van der Waals surface area contributed by atoms with Gasteiger partial charge in [0.25, 0.3) is 0 Å². The number of aromatic nitrogens is 6. The molecule has 18 rings (SSSR count). The molecule has 0 radical (unpaired) electrons. The van der Waals surface area contributed by atoms with Gasteiger partial charge in [-0.15, -0.1) is 0 Å². The van der Waals surface area contributed by atoms with E-state index in [-0.39, 0.29) is 0 Å². The summed E-state index contributed by atoms with van der Waals surface area (Å²) in [6, 6.07) is 98.5. The van der Waals surface area contributed by atoms with E-state index >= 15 is 0 Å². The zero-order chi connectivity index (χ0) is 56.0. The van der Waals surface area contributed by atoms with Crippen LogP contribution in [0.5, 0.6) is 0 Å². The van der Waals surface area contributed by atoms with Crippen LogP contribution in [0.15, 0.2) is 280 Å². The molecule has 18 aromatic rings. The Labute approximate surface area is 488 Å². The molecule has 6 heteroatoms. The van der Waals surface area contributed by atoms with Crippen LogP contribution >= 0.6 is 0 Å². The Balaban J connectivity index is 0.847. The van der Waals surface area contributed by atoms with Crippen LogP contribution in [0.2, 0.25) is 0 Å². The van der Waals surface area contributed by atoms with Crippen LogP contribution in [0.25, 0.3) is 166 Å². The zero-order valence-corrected chi connectivity index (χ0v) is 46.5. The van der Waals surface area contributed by atoms with Crippen molar-refractivity contribution in [1.29, 1.82) is 0 Å². The fourth-order valence-corrected chi connectivity index (χ4v) is 14.6. The summed E-state index contributed by atoms with van der Waals surface area (Å²) in [6.45, 7) is 6.45. The molecule has 0 atom stereocenters. The van der Waals surface area contributed by atoms with Crippen molar-refractivity contribution < 1.29 is 0 Å². The van der Waals surface area contributed by atoms with Crippen LogP contribution in [0.1, 0.15) is 18.2 Å². The number of hydrogen-bond donors (Lipinski definition) is 0. The lowest BCUT2D eigenvalue weighted by Crippen LogP contribution is -1.99. The lowest BCUT2D eigenvalue weighted by atomic mass is 10.1. The highest BCUT2D eigenvalue weighted by molar-refractivity contribution is 6.21. The van der Waals surface area contributed by atoms with Gasteiger partial charge in [-0.25, -0.2) is 0 Å². The van der Waals surface area contributed by atoms with Gasteiger partial charge in [0.15, 0.2) is 0 Å². The third-order valence-corrected chi connectivity index (χ3v) is 18.0. The summed E-state index contributed by atoms with van der Waals surface area (Å²) in [5.41, 5.74) is 21.7. The van der Waals surface area contributed by atoms with Gasteiger partial charge >= 0.3 is 0 Å². The molecule has 12 aromatic carbocycles. The highest BCUT2D eigenvalue weighted by Crippen LogP contribution is 2.44. The molecule has 0 fully saturated rings. The maximum atomic E-state index is 4.37. The van der Waals surface area contributed by atoms with Gasteiger partial charge in [0, 0.05) is 98.9 Å². The average molecular weight is 1090 g/mol. The van der Waals surface area contributed by atoms with E-state index in [9.17, 15) is 0 Å². The summed E-state index contributed by atoms with van der Waals surface area (Å²) in [4.78, 5) is 0. The Morgan fingerprint density at radius 2 is 0.541 bits per heavy atom. The largest absolute Gasteiger partial charge is 0.309 e. The molecule has 0 aliphatic heterocycles. The molecule has 6 heterocycles. The van der Waals surface area contributed by atoms with Crippen molar-refractivity contribution in [3.8, 4) is 34.1 Å². The Morgan fingerprint density at radius 1 is 0.235 bits per heavy atom. The number of hydrogen-bond acceptors (Lipinski definition) is 0. The molecule has 398 valence electrons. The summed E-state index contributed by atoms with van der Waals surface area (Å²) in [5, 5.41) is 13.4. The average Bonchev–Trinajstić information content (AvgIpc) is 1.80. The molecule has 0 spiro atoms. The summed E-state index contributed by atoms with van der Waals surface area (Å²) in [5.74, 6) is 0. The van der Waals surface area contributed by atoms with E-state index in [1.54, 1.807) is 0 Å². The fraction of sp³-hybridized carbons (Fsp3) is 0.0127. The summed E-state index contributed by atoms with van der Waals surface area (Å²) in [6.07, 6.45) is 6.32. The minimum Gasteiger partial charge on any atom is -0.309 e. The Hall–Kier alpha value is -11.3. The lowest BCUT2D eigenvalue weighted by Gasteiger charge is -2.14. The smallest absolute Gasteiger partial charge is 0.0562 e. The molecule has 0 saturated carbocycles. The number of allylic oxidation sites excluding steroid dienone is 1. The Kier molecular flexibility index (Phi) is 10.1. The van der Waals surface area contributed by atoms with E-state index in [1.165, 1.54) is 70.4 Å². The molecule has 0 amide bonds. The standard InChI is InChI=1S/C79H52N6/c1-3-22-68-56(4-2)62-44-54(39-41-74(62)80(68)50-23-7-5-8-24-50)84-72-37-19-14-32-60(72)66-46-64-58-30-12-17-35-70(58)82(76(64)48-78(66)84)52-27-21-28-53(43-52)83-71-36-18-13-31-59(71)65-47-67-61-33-15-20-38-73(61)85(79(67)49-77(65)83)55-40-42-75-63(45-55)57-29-11-16-34-69(57)81(75)51-25-9-6-10-26-51/h3-49H,2H2,1H3/b22-3-. The van der Waals surface area contributed by atoms with E-state index in [2.05, 4.69) is 320 Å². The van der Waals surface area contributed by atoms with Crippen LogP contribution < -0.4 is 0 Å². The fourth-order valence-electron chi connectivity index (χ4n) is 14.6. The highest BCUT2D eigenvalue weighted by Gasteiger charge is 2.24. The Morgan fingerprint density at radius 3 is 0.941 bits per heavy atom. The normalized spacial score (nSPS) is 12.3. The van der Waals surface area contributed by atoms with Crippen LogP contribution in [0.3, 0.4) is 0 Å². The number of benzene rings is 12. The summed E-state index contributed by atoms with van der Waals surface area (Å²) >= 11 is 0. The predicted molar refractivity (Wildman–Crippen MR) is 360 cm³/mol. The van der Waals surface area contributed by atoms with Crippen molar-refractivity contribution in [2.24, 2.45) is 0 Å². The Bertz CT molecular complexity index is 5870. The second-order valence-corrected chi connectivity index (χ2v) is 22.5. The van der Waals surface area contributed by atoms with Gasteiger partial charge < -0.3 is 27.4 Å². The maximum Gasteiger partial charge on any atom is 0.0562 e. The summed E-state index contributed by atoms with van der Waals surface area (Å²) < 4.78 is 14.6. The quantitative estimate of drug-likeness (QED) is 0.145. The molecule has 6 nitrogen and oxygen atoms in total. The van der Waals surface area contributed by atoms with E-state index in [0.29, 0.717) is 0 Å². The van der Waals surface area contributed by atoms with E-state index in [1.807, 2.05) is 6.08 Å². The molecule has 0 N–H and O–H groups in total. The van der Waals surface area contributed by atoms with Crippen LogP contribution in [0.4, 0.5) is 0 Å². The SMILES string of the molecule is C=Cc1c(/C=C\C)n(-c2ccccc2)c2ccc(-n3c4ccccc4c4cc5c6ccccc6n(-c6cccc(-n7c8ccccc8c8cc9c%10ccccc%10n(-c%10ccc%11c(c%10)c%10ccccc%10n%11-c%10ccccc%10)c9cc87)c6)c5cc43)cc12. The van der Waals surface area contributed by atoms with Crippen molar-refractivity contribution in [3.05, 3.63) is 291 Å². The second-order valence-electron chi connectivity index (χ2n) is 22.5. The third-order valence-electron chi connectivity index (χ3n) is 18.0. The molecule has 85 heavy (non-hydrogen) atoms. The first-order valence-corrected chi connectivity index (χ1v) is 29.2. The molecule has 0 aliphatic carbocycles. The lowest BCUT2D eigenvalue weighted by molar-refractivity contribution is 1.10. The number of fused-ring (bicyclic) bond motifs is 16. The van der Waals surface area contributed by atoms with Crippen LogP contribution in [-0.4, -0.2) is 27.4 Å². The van der Waals surface area contributed by atoms with Gasteiger partial charge in [-0.05, 0) is 146 Å². The molecule has 6 aromatic heterocycles. The molecule has 0 aliphatic rings. The molecular weight excluding hydrogens is 1030 g/mol. The summed E-state index contributed by atoms with van der Waals surface area (Å²) in [7, 11) is 0. The van der Waals surface area contributed by atoms with Gasteiger partial charge in [0.05, 0.1) is 66.4 Å². The third kappa shape index (κ3) is 6.70. The van der Waals surface area contributed by atoms with Crippen molar-refractivity contribution in [2.75, 3.05) is 0 Å². The molecular formula is C79H52N6. The van der Waals surface area contributed by atoms with Crippen molar-refractivity contribution in [1.82, 2.24) is 27.4 Å².